The lowest BCUT2D eigenvalue weighted by molar-refractivity contribution is -0.149. The highest BCUT2D eigenvalue weighted by Gasteiger charge is 2.27. The van der Waals surface area contributed by atoms with Gasteiger partial charge in [0.1, 0.15) is 5.75 Å². The second kappa shape index (κ2) is 7.89. The van der Waals surface area contributed by atoms with Crippen molar-refractivity contribution >= 4 is 16.9 Å². The number of aromatic nitrogens is 1. The first-order valence-electron chi connectivity index (χ1n) is 8.84. The number of esters is 1. The standard InChI is InChI=1S/C19H26N2O4/c1-3-25-19(23)13-6-8-21(9-7-13)12-18(22)16-11-20-17-5-4-14(24-2)10-15(16)17/h4-5,10-11,13,18,20,22H,3,6-9,12H2,1-2H3/t18-/m1/s1. The highest BCUT2D eigenvalue weighted by atomic mass is 16.5. The predicted molar refractivity (Wildman–Crippen MR) is 95.6 cm³/mol. The summed E-state index contributed by atoms with van der Waals surface area (Å²) in [5.74, 6) is 0.674. The molecule has 0 unspecified atom stereocenters. The van der Waals surface area contributed by atoms with E-state index in [1.54, 1.807) is 7.11 Å². The average molecular weight is 346 g/mol. The van der Waals surface area contributed by atoms with Crippen LogP contribution in [-0.4, -0.2) is 54.3 Å². The van der Waals surface area contributed by atoms with Crippen molar-refractivity contribution in [3.8, 4) is 5.75 Å². The Hall–Kier alpha value is -2.05. The number of ether oxygens (including phenoxy) is 2. The van der Waals surface area contributed by atoms with Gasteiger partial charge in [-0.3, -0.25) is 4.79 Å². The minimum Gasteiger partial charge on any atom is -0.497 e. The lowest BCUT2D eigenvalue weighted by atomic mass is 9.96. The third-order valence-electron chi connectivity index (χ3n) is 4.92. The molecular formula is C19H26N2O4. The van der Waals surface area contributed by atoms with Crippen LogP contribution in [0.25, 0.3) is 10.9 Å². The van der Waals surface area contributed by atoms with Crippen LogP contribution in [0, 0.1) is 5.92 Å². The van der Waals surface area contributed by atoms with Crippen LogP contribution in [0.1, 0.15) is 31.4 Å². The lowest BCUT2D eigenvalue weighted by Gasteiger charge is -2.32. The van der Waals surface area contributed by atoms with E-state index in [1.165, 1.54) is 0 Å². The Morgan fingerprint density at radius 3 is 2.84 bits per heavy atom. The summed E-state index contributed by atoms with van der Waals surface area (Å²) in [5, 5.41) is 11.7. The quantitative estimate of drug-likeness (QED) is 0.786. The molecule has 1 fully saturated rings. The second-order valence-electron chi connectivity index (χ2n) is 6.50. The maximum absolute atomic E-state index is 11.8. The van der Waals surface area contributed by atoms with E-state index in [-0.39, 0.29) is 11.9 Å². The largest absolute Gasteiger partial charge is 0.497 e. The molecule has 0 saturated carbocycles. The first-order valence-corrected chi connectivity index (χ1v) is 8.84. The summed E-state index contributed by atoms with van der Waals surface area (Å²) in [7, 11) is 1.64. The van der Waals surface area contributed by atoms with Gasteiger partial charge >= 0.3 is 5.97 Å². The van der Waals surface area contributed by atoms with Crippen LogP contribution >= 0.6 is 0 Å². The van der Waals surface area contributed by atoms with Crippen LogP contribution < -0.4 is 4.74 Å². The maximum Gasteiger partial charge on any atom is 0.309 e. The number of nitrogens with one attached hydrogen (secondary N) is 1. The first-order chi connectivity index (χ1) is 12.1. The maximum atomic E-state index is 11.8. The van der Waals surface area contributed by atoms with Gasteiger partial charge in [-0.05, 0) is 51.1 Å². The number of piperidine rings is 1. The molecule has 0 radical (unpaired) electrons. The summed E-state index contributed by atoms with van der Waals surface area (Å²) < 4.78 is 10.4. The van der Waals surface area contributed by atoms with Gasteiger partial charge in [0, 0.05) is 29.2 Å². The molecule has 0 amide bonds. The monoisotopic (exact) mass is 346 g/mol. The number of hydrogen-bond donors (Lipinski definition) is 2. The van der Waals surface area contributed by atoms with E-state index in [4.69, 9.17) is 9.47 Å². The molecule has 2 aromatic rings. The number of β-amino-alcohol motifs (C(OH)–C–C–N with tert-alkyl or cyclic N) is 1. The van der Waals surface area contributed by atoms with Crippen LogP contribution in [0.15, 0.2) is 24.4 Å². The van der Waals surface area contributed by atoms with E-state index >= 15 is 0 Å². The van der Waals surface area contributed by atoms with Crippen LogP contribution in [-0.2, 0) is 9.53 Å². The molecule has 1 aliphatic heterocycles. The number of aliphatic hydroxyl groups is 1. The molecule has 25 heavy (non-hydrogen) atoms. The van der Waals surface area contributed by atoms with Crippen molar-refractivity contribution in [3.05, 3.63) is 30.0 Å². The van der Waals surface area contributed by atoms with Crippen LogP contribution in [0.3, 0.4) is 0 Å². The van der Waals surface area contributed by atoms with Gasteiger partial charge in [-0.25, -0.2) is 0 Å². The molecule has 1 saturated heterocycles. The van der Waals surface area contributed by atoms with Gasteiger partial charge in [0.25, 0.3) is 0 Å². The van der Waals surface area contributed by atoms with E-state index in [9.17, 15) is 9.90 Å². The Bertz CT molecular complexity index is 719. The molecule has 1 aromatic heterocycles. The molecule has 1 atom stereocenters. The smallest absolute Gasteiger partial charge is 0.309 e. The Balaban J connectivity index is 1.62. The SMILES string of the molecule is CCOC(=O)C1CCN(C[C@@H](O)c2c[nH]c3ccc(OC)cc23)CC1. The molecule has 2 heterocycles. The summed E-state index contributed by atoms with van der Waals surface area (Å²) >= 11 is 0. The van der Waals surface area contributed by atoms with Gasteiger partial charge in [-0.2, -0.15) is 0 Å². The normalized spacial score (nSPS) is 17.6. The van der Waals surface area contributed by atoms with Gasteiger partial charge in [0.05, 0.1) is 25.7 Å². The van der Waals surface area contributed by atoms with Gasteiger partial charge in [-0.1, -0.05) is 0 Å². The molecule has 6 heteroatoms. The van der Waals surface area contributed by atoms with Gasteiger partial charge < -0.3 is 24.5 Å². The Labute approximate surface area is 147 Å². The third-order valence-corrected chi connectivity index (χ3v) is 4.92. The summed E-state index contributed by atoms with van der Waals surface area (Å²) in [6, 6.07) is 5.79. The van der Waals surface area contributed by atoms with Crippen molar-refractivity contribution < 1.29 is 19.4 Å². The fourth-order valence-electron chi connectivity index (χ4n) is 3.48. The molecule has 0 aliphatic carbocycles. The van der Waals surface area contributed by atoms with Crippen LogP contribution in [0.5, 0.6) is 5.75 Å². The fourth-order valence-corrected chi connectivity index (χ4v) is 3.48. The Morgan fingerprint density at radius 2 is 2.16 bits per heavy atom. The van der Waals surface area contributed by atoms with Crippen molar-refractivity contribution in [1.29, 1.82) is 0 Å². The minimum absolute atomic E-state index is 0.00862. The number of benzene rings is 1. The van der Waals surface area contributed by atoms with Crippen molar-refractivity contribution in [2.75, 3.05) is 33.4 Å². The summed E-state index contributed by atoms with van der Waals surface area (Å²) in [6.45, 7) is 4.42. The number of carbonyl (C=O) groups is 1. The summed E-state index contributed by atoms with van der Waals surface area (Å²) in [6.07, 6.45) is 2.85. The number of rotatable bonds is 6. The predicted octanol–water partition coefficient (Wildman–Crippen LogP) is 2.49. The number of likely N-dealkylation sites (tertiary alicyclic amines) is 1. The number of carbonyl (C=O) groups excluding carboxylic acids is 1. The highest BCUT2D eigenvalue weighted by molar-refractivity contribution is 5.85. The second-order valence-corrected chi connectivity index (χ2v) is 6.50. The molecule has 136 valence electrons. The number of H-pyrrole nitrogens is 1. The lowest BCUT2D eigenvalue weighted by Crippen LogP contribution is -2.39. The van der Waals surface area contributed by atoms with E-state index in [2.05, 4.69) is 9.88 Å². The van der Waals surface area contributed by atoms with Crippen LogP contribution in [0.4, 0.5) is 0 Å². The number of hydrogen-bond acceptors (Lipinski definition) is 5. The van der Waals surface area contributed by atoms with Gasteiger partial charge in [0.2, 0.25) is 0 Å². The summed E-state index contributed by atoms with van der Waals surface area (Å²) in [4.78, 5) is 17.2. The number of methoxy groups -OCH3 is 1. The van der Waals surface area contributed by atoms with Crippen LogP contribution in [0.2, 0.25) is 0 Å². The van der Waals surface area contributed by atoms with Gasteiger partial charge in [-0.15, -0.1) is 0 Å². The third kappa shape index (κ3) is 3.96. The van der Waals surface area contributed by atoms with E-state index in [0.29, 0.717) is 13.2 Å². The zero-order valence-electron chi connectivity index (χ0n) is 14.8. The number of aromatic amines is 1. The minimum atomic E-state index is -0.583. The molecular weight excluding hydrogens is 320 g/mol. The topological polar surface area (TPSA) is 74.8 Å². The molecule has 6 nitrogen and oxygen atoms in total. The fraction of sp³-hybridized carbons (Fsp3) is 0.526. The van der Waals surface area contributed by atoms with Crippen molar-refractivity contribution in [2.45, 2.75) is 25.9 Å². The molecule has 0 spiro atoms. The zero-order valence-corrected chi connectivity index (χ0v) is 14.8. The highest BCUT2D eigenvalue weighted by Crippen LogP contribution is 2.29. The number of aliphatic hydroxyl groups excluding tert-OH is 1. The van der Waals surface area contributed by atoms with Crippen molar-refractivity contribution in [2.24, 2.45) is 5.92 Å². The Morgan fingerprint density at radius 1 is 1.40 bits per heavy atom. The molecule has 1 aromatic carbocycles. The average Bonchev–Trinajstić information content (AvgIpc) is 3.05. The first kappa shape index (κ1) is 17.8. The summed E-state index contributed by atoms with van der Waals surface area (Å²) in [5.41, 5.74) is 1.86. The Kier molecular flexibility index (Phi) is 5.60. The van der Waals surface area contributed by atoms with E-state index in [0.717, 1.165) is 48.1 Å². The molecule has 1 aliphatic rings. The number of nitrogens with zero attached hydrogens (tertiary/aromatic N) is 1. The van der Waals surface area contributed by atoms with Crippen molar-refractivity contribution in [3.63, 3.8) is 0 Å². The molecule has 0 bridgehead atoms. The van der Waals surface area contributed by atoms with Gasteiger partial charge in [0.15, 0.2) is 0 Å². The molecule has 2 N–H and O–H groups in total. The van der Waals surface area contributed by atoms with E-state index in [1.807, 2.05) is 31.3 Å². The van der Waals surface area contributed by atoms with E-state index < -0.39 is 6.10 Å². The number of fused-ring (bicyclic) bond motifs is 1. The zero-order chi connectivity index (χ0) is 17.8. The molecule has 3 rings (SSSR count). The van der Waals surface area contributed by atoms with Crippen molar-refractivity contribution in [1.82, 2.24) is 9.88 Å².